The Bertz CT molecular complexity index is 631. The van der Waals surface area contributed by atoms with Gasteiger partial charge >= 0.3 is 0 Å². The molecular formula is C16H15BrF3N. The second-order valence-corrected chi connectivity index (χ2v) is 5.55. The van der Waals surface area contributed by atoms with E-state index in [1.807, 2.05) is 6.92 Å². The summed E-state index contributed by atoms with van der Waals surface area (Å²) in [6.45, 7) is 2.55. The van der Waals surface area contributed by atoms with Gasteiger partial charge in [-0.3, -0.25) is 0 Å². The van der Waals surface area contributed by atoms with Crippen LogP contribution in [0.4, 0.5) is 13.2 Å². The summed E-state index contributed by atoms with van der Waals surface area (Å²) in [7, 11) is 0. The normalized spacial score (nSPS) is 12.4. The molecule has 0 saturated heterocycles. The first kappa shape index (κ1) is 16.0. The third-order valence-electron chi connectivity index (χ3n) is 3.16. The Kier molecular flexibility index (Phi) is 5.42. The molecular weight excluding hydrogens is 343 g/mol. The van der Waals surface area contributed by atoms with E-state index in [1.165, 1.54) is 12.1 Å². The monoisotopic (exact) mass is 357 g/mol. The molecule has 0 aliphatic heterocycles. The molecule has 0 bridgehead atoms. The van der Waals surface area contributed by atoms with Crippen LogP contribution in [0.25, 0.3) is 0 Å². The molecule has 0 heterocycles. The van der Waals surface area contributed by atoms with Gasteiger partial charge in [0.2, 0.25) is 0 Å². The van der Waals surface area contributed by atoms with E-state index in [0.29, 0.717) is 16.6 Å². The summed E-state index contributed by atoms with van der Waals surface area (Å²) in [5.41, 5.74) is 0.546. The highest BCUT2D eigenvalue weighted by Crippen LogP contribution is 2.30. The summed E-state index contributed by atoms with van der Waals surface area (Å²) < 4.78 is 41.7. The van der Waals surface area contributed by atoms with Crippen LogP contribution in [-0.2, 0) is 0 Å². The Hall–Kier alpha value is -1.33. The zero-order chi connectivity index (χ0) is 15.4. The van der Waals surface area contributed by atoms with E-state index in [-0.39, 0.29) is 5.56 Å². The van der Waals surface area contributed by atoms with Gasteiger partial charge in [0.05, 0.1) is 10.5 Å². The van der Waals surface area contributed by atoms with Crippen molar-refractivity contribution in [1.29, 1.82) is 0 Å². The minimum atomic E-state index is -0.692. The first-order valence-electron chi connectivity index (χ1n) is 6.66. The first-order chi connectivity index (χ1) is 10.0. The molecule has 0 aromatic heterocycles. The second-order valence-electron chi connectivity index (χ2n) is 4.70. The van der Waals surface area contributed by atoms with Crippen LogP contribution in [-0.4, -0.2) is 6.54 Å². The summed E-state index contributed by atoms with van der Waals surface area (Å²) in [5.74, 6) is -1.79. The van der Waals surface area contributed by atoms with Gasteiger partial charge in [0.25, 0.3) is 0 Å². The van der Waals surface area contributed by atoms with Crippen molar-refractivity contribution in [2.75, 3.05) is 6.54 Å². The molecule has 1 nitrogen and oxygen atoms in total. The Balaban J connectivity index is 2.49. The summed E-state index contributed by atoms with van der Waals surface area (Å²) >= 11 is 3.13. The molecule has 0 radical (unpaired) electrons. The van der Waals surface area contributed by atoms with Crippen molar-refractivity contribution in [2.45, 2.75) is 19.4 Å². The Morgan fingerprint density at radius 1 is 1.10 bits per heavy atom. The van der Waals surface area contributed by atoms with Gasteiger partial charge in [0, 0.05) is 17.2 Å². The standard InChI is InChI=1S/C16H15BrF3N/c1-2-8-21-16(11-7-6-10(18)9-14(11)19)12-4-3-5-13(17)15(12)20/h3-7,9,16,21H,2,8H2,1H3. The third kappa shape index (κ3) is 3.66. The maximum absolute atomic E-state index is 14.3. The predicted octanol–water partition coefficient (Wildman–Crippen LogP) is 4.96. The Labute approximate surface area is 130 Å². The molecule has 2 aromatic carbocycles. The summed E-state index contributed by atoms with van der Waals surface area (Å²) in [4.78, 5) is 0. The van der Waals surface area contributed by atoms with Crippen LogP contribution in [0.3, 0.4) is 0 Å². The predicted molar refractivity (Wildman–Crippen MR) is 80.6 cm³/mol. The summed E-state index contributed by atoms with van der Waals surface area (Å²) in [6, 6.07) is 7.53. The van der Waals surface area contributed by atoms with Crippen LogP contribution in [0.15, 0.2) is 40.9 Å². The van der Waals surface area contributed by atoms with E-state index in [1.54, 1.807) is 18.2 Å². The van der Waals surface area contributed by atoms with E-state index in [9.17, 15) is 13.2 Å². The molecule has 0 aliphatic rings. The lowest BCUT2D eigenvalue weighted by Crippen LogP contribution is -2.25. The lowest BCUT2D eigenvalue weighted by Gasteiger charge is -2.21. The number of halogens is 4. The van der Waals surface area contributed by atoms with Crippen molar-refractivity contribution in [3.05, 3.63) is 69.4 Å². The van der Waals surface area contributed by atoms with Gasteiger partial charge < -0.3 is 5.32 Å². The lowest BCUT2D eigenvalue weighted by atomic mass is 9.97. The SMILES string of the molecule is CCCNC(c1ccc(F)cc1F)c1cccc(Br)c1F. The molecule has 1 atom stereocenters. The molecule has 21 heavy (non-hydrogen) atoms. The summed E-state index contributed by atoms with van der Waals surface area (Å²) in [5, 5.41) is 3.11. The highest BCUT2D eigenvalue weighted by molar-refractivity contribution is 9.10. The zero-order valence-corrected chi connectivity index (χ0v) is 13.1. The molecule has 112 valence electrons. The van der Waals surface area contributed by atoms with Crippen molar-refractivity contribution >= 4 is 15.9 Å². The van der Waals surface area contributed by atoms with Crippen molar-refractivity contribution in [3.63, 3.8) is 0 Å². The van der Waals surface area contributed by atoms with Gasteiger partial charge in [0.15, 0.2) is 0 Å². The van der Waals surface area contributed by atoms with Gasteiger partial charge in [-0.05, 0) is 41.0 Å². The van der Waals surface area contributed by atoms with Crippen LogP contribution in [0.5, 0.6) is 0 Å². The molecule has 1 unspecified atom stereocenters. The molecule has 1 N–H and O–H groups in total. The van der Waals surface area contributed by atoms with Crippen molar-refractivity contribution in [3.8, 4) is 0 Å². The second kappa shape index (κ2) is 7.09. The van der Waals surface area contributed by atoms with Crippen molar-refractivity contribution in [1.82, 2.24) is 5.32 Å². The highest BCUT2D eigenvalue weighted by Gasteiger charge is 2.21. The number of benzene rings is 2. The molecule has 0 spiro atoms. The molecule has 0 fully saturated rings. The van der Waals surface area contributed by atoms with E-state index in [0.717, 1.165) is 12.5 Å². The number of rotatable bonds is 5. The maximum Gasteiger partial charge on any atom is 0.142 e. The van der Waals surface area contributed by atoms with Crippen LogP contribution >= 0.6 is 15.9 Å². The van der Waals surface area contributed by atoms with E-state index < -0.39 is 23.5 Å². The van der Waals surface area contributed by atoms with Crippen LogP contribution in [0.2, 0.25) is 0 Å². The van der Waals surface area contributed by atoms with Crippen molar-refractivity contribution in [2.24, 2.45) is 0 Å². The van der Waals surface area contributed by atoms with E-state index in [2.05, 4.69) is 21.2 Å². The average Bonchev–Trinajstić information content (AvgIpc) is 2.45. The maximum atomic E-state index is 14.3. The first-order valence-corrected chi connectivity index (χ1v) is 7.46. The Morgan fingerprint density at radius 3 is 2.52 bits per heavy atom. The fourth-order valence-electron chi connectivity index (χ4n) is 2.16. The van der Waals surface area contributed by atoms with Gasteiger partial charge in [-0.1, -0.05) is 25.1 Å². The average molecular weight is 358 g/mol. The van der Waals surface area contributed by atoms with Gasteiger partial charge in [-0.25, -0.2) is 13.2 Å². The third-order valence-corrected chi connectivity index (χ3v) is 3.78. The fraction of sp³-hybridized carbons (Fsp3) is 0.250. The summed E-state index contributed by atoms with van der Waals surface area (Å²) in [6.07, 6.45) is 0.814. The molecule has 2 rings (SSSR count). The molecule has 0 saturated carbocycles. The minimum Gasteiger partial charge on any atom is -0.306 e. The smallest absolute Gasteiger partial charge is 0.142 e. The van der Waals surface area contributed by atoms with E-state index in [4.69, 9.17) is 0 Å². The fourth-order valence-corrected chi connectivity index (χ4v) is 2.54. The van der Waals surface area contributed by atoms with Gasteiger partial charge in [0.1, 0.15) is 17.5 Å². The minimum absolute atomic E-state index is 0.224. The number of nitrogens with one attached hydrogen (secondary N) is 1. The van der Waals surface area contributed by atoms with Crippen LogP contribution in [0, 0.1) is 17.5 Å². The topological polar surface area (TPSA) is 12.0 Å². The lowest BCUT2D eigenvalue weighted by molar-refractivity contribution is 0.511. The molecule has 0 aliphatic carbocycles. The number of hydrogen-bond donors (Lipinski definition) is 1. The van der Waals surface area contributed by atoms with Crippen molar-refractivity contribution < 1.29 is 13.2 Å². The largest absolute Gasteiger partial charge is 0.306 e. The zero-order valence-electron chi connectivity index (χ0n) is 11.5. The van der Waals surface area contributed by atoms with Crippen LogP contribution in [0.1, 0.15) is 30.5 Å². The number of hydrogen-bond acceptors (Lipinski definition) is 1. The van der Waals surface area contributed by atoms with Gasteiger partial charge in [-0.2, -0.15) is 0 Å². The van der Waals surface area contributed by atoms with Gasteiger partial charge in [-0.15, -0.1) is 0 Å². The quantitative estimate of drug-likeness (QED) is 0.797. The van der Waals surface area contributed by atoms with E-state index >= 15 is 0 Å². The Morgan fingerprint density at radius 2 is 1.86 bits per heavy atom. The highest BCUT2D eigenvalue weighted by atomic mass is 79.9. The molecule has 0 amide bonds. The molecule has 5 heteroatoms. The van der Waals surface area contributed by atoms with Crippen LogP contribution < -0.4 is 5.32 Å². The molecule has 2 aromatic rings.